The van der Waals surface area contributed by atoms with Crippen LogP contribution >= 0.6 is 0 Å². The number of fused-ring (bicyclic) bond motifs is 2. The minimum absolute atomic E-state index is 0.0306. The lowest BCUT2D eigenvalue weighted by molar-refractivity contribution is -0.124. The number of likely N-dealkylation sites (tertiary alicyclic amines) is 1. The second kappa shape index (κ2) is 4.09. The number of amides is 1. The molecule has 1 saturated heterocycles. The number of primary amides is 1. The van der Waals surface area contributed by atoms with Gasteiger partial charge in [-0.3, -0.25) is 4.79 Å². The highest BCUT2D eigenvalue weighted by Crippen LogP contribution is 2.44. The third-order valence-electron chi connectivity index (χ3n) is 5.13. The number of hydrogen-bond acceptors (Lipinski definition) is 2. The van der Waals surface area contributed by atoms with Gasteiger partial charge >= 0.3 is 0 Å². The lowest BCUT2D eigenvalue weighted by Crippen LogP contribution is -2.50. The number of piperidine rings is 1. The number of likely N-dealkylation sites (N-methyl/N-ethyl adjacent to an activating group) is 1. The second-order valence-electron chi connectivity index (χ2n) is 6.24. The van der Waals surface area contributed by atoms with E-state index in [1.54, 1.807) is 0 Å². The number of nitrogens with one attached hydrogen (secondary N) is 1. The topological polar surface area (TPSA) is 62.1 Å². The molecule has 1 fully saturated rings. The molecular formula is C16H19N3O. The summed E-state index contributed by atoms with van der Waals surface area (Å²) in [4.78, 5) is 17.3. The highest BCUT2D eigenvalue weighted by Gasteiger charge is 2.40. The van der Waals surface area contributed by atoms with Crippen molar-refractivity contribution in [2.75, 3.05) is 13.6 Å². The molecule has 4 heteroatoms. The average molecular weight is 269 g/mol. The first-order chi connectivity index (χ1) is 9.65. The van der Waals surface area contributed by atoms with E-state index in [4.69, 9.17) is 5.73 Å². The first-order valence-electron chi connectivity index (χ1n) is 7.23. The number of benzene rings is 1. The Hall–Kier alpha value is -1.81. The molecule has 3 atom stereocenters. The molecule has 2 aliphatic rings. The smallest absolute Gasteiger partial charge is 0.221 e. The fourth-order valence-electron chi connectivity index (χ4n) is 4.15. The Morgan fingerprint density at radius 1 is 1.45 bits per heavy atom. The number of aromatic amines is 1. The van der Waals surface area contributed by atoms with Crippen LogP contribution in [0.5, 0.6) is 0 Å². The maximum Gasteiger partial charge on any atom is 0.221 e. The van der Waals surface area contributed by atoms with E-state index < -0.39 is 0 Å². The zero-order valence-electron chi connectivity index (χ0n) is 11.6. The molecule has 0 spiro atoms. The molecule has 1 aromatic carbocycles. The second-order valence-corrected chi connectivity index (χ2v) is 6.24. The SMILES string of the molecule is CN1CC(C(N)=O)C[C@@H]2c3cccc4[nH]cc(c34)C[C@H]21. The van der Waals surface area contributed by atoms with E-state index in [0.29, 0.717) is 12.0 Å². The third-order valence-corrected chi connectivity index (χ3v) is 5.13. The standard InChI is InChI=1S/C16H19N3O/c1-19-8-10(16(17)20)5-12-11-3-2-4-13-15(11)9(7-18-13)6-14(12)19/h2-4,7,10,12,14,18H,5-6,8H2,1H3,(H2,17,20)/t10?,12-,14-/m1/s1. The highest BCUT2D eigenvalue weighted by atomic mass is 16.1. The molecule has 0 radical (unpaired) electrons. The summed E-state index contributed by atoms with van der Waals surface area (Å²) in [6, 6.07) is 6.93. The van der Waals surface area contributed by atoms with E-state index >= 15 is 0 Å². The van der Waals surface area contributed by atoms with Crippen LogP contribution in [0.3, 0.4) is 0 Å². The van der Waals surface area contributed by atoms with Crippen molar-refractivity contribution in [3.05, 3.63) is 35.5 Å². The first kappa shape index (κ1) is 12.0. The van der Waals surface area contributed by atoms with Gasteiger partial charge in [-0.1, -0.05) is 12.1 Å². The van der Waals surface area contributed by atoms with Gasteiger partial charge in [-0.25, -0.2) is 0 Å². The molecule has 104 valence electrons. The van der Waals surface area contributed by atoms with Crippen LogP contribution in [-0.4, -0.2) is 35.4 Å². The number of H-pyrrole nitrogens is 1. The Kier molecular flexibility index (Phi) is 2.45. The fourth-order valence-corrected chi connectivity index (χ4v) is 4.15. The van der Waals surface area contributed by atoms with Gasteiger partial charge < -0.3 is 15.6 Å². The van der Waals surface area contributed by atoms with E-state index in [2.05, 4.69) is 41.3 Å². The van der Waals surface area contributed by atoms with Crippen molar-refractivity contribution in [2.24, 2.45) is 11.7 Å². The summed E-state index contributed by atoms with van der Waals surface area (Å²) in [6.45, 7) is 0.784. The molecule has 2 aromatic rings. The summed E-state index contributed by atoms with van der Waals surface area (Å²) in [5.74, 6) is 0.220. The van der Waals surface area contributed by atoms with E-state index in [1.165, 1.54) is 22.0 Å². The van der Waals surface area contributed by atoms with Crippen molar-refractivity contribution in [3.8, 4) is 0 Å². The monoisotopic (exact) mass is 269 g/mol. The van der Waals surface area contributed by atoms with Gasteiger partial charge in [-0.05, 0) is 37.1 Å². The Bertz CT molecular complexity index is 690. The van der Waals surface area contributed by atoms with Crippen molar-refractivity contribution < 1.29 is 4.79 Å². The summed E-state index contributed by atoms with van der Waals surface area (Å²) >= 11 is 0. The minimum Gasteiger partial charge on any atom is -0.369 e. The Balaban J connectivity index is 1.85. The van der Waals surface area contributed by atoms with Crippen LogP contribution < -0.4 is 5.73 Å². The fraction of sp³-hybridized carbons (Fsp3) is 0.438. The number of carbonyl (C=O) groups excluding carboxylic acids is 1. The van der Waals surface area contributed by atoms with Crippen LogP contribution in [0.15, 0.2) is 24.4 Å². The molecule has 20 heavy (non-hydrogen) atoms. The number of aromatic nitrogens is 1. The Morgan fingerprint density at radius 3 is 3.10 bits per heavy atom. The van der Waals surface area contributed by atoms with Gasteiger partial charge in [0.1, 0.15) is 0 Å². The molecule has 2 heterocycles. The molecule has 1 aromatic heterocycles. The molecule has 1 aliphatic heterocycles. The van der Waals surface area contributed by atoms with Crippen LogP contribution in [-0.2, 0) is 11.2 Å². The molecule has 1 aliphatic carbocycles. The van der Waals surface area contributed by atoms with Crippen LogP contribution in [0, 0.1) is 5.92 Å². The van der Waals surface area contributed by atoms with E-state index in [0.717, 1.165) is 19.4 Å². The van der Waals surface area contributed by atoms with Crippen LogP contribution in [0.2, 0.25) is 0 Å². The molecule has 4 nitrogen and oxygen atoms in total. The molecule has 4 rings (SSSR count). The predicted molar refractivity (Wildman–Crippen MR) is 78.5 cm³/mol. The maximum absolute atomic E-state index is 11.6. The number of nitrogens with zero attached hydrogens (tertiary/aromatic N) is 1. The molecule has 0 bridgehead atoms. The van der Waals surface area contributed by atoms with Crippen LogP contribution in [0.25, 0.3) is 10.9 Å². The van der Waals surface area contributed by atoms with Gasteiger partial charge in [0.05, 0.1) is 5.92 Å². The Labute approximate surface area is 117 Å². The van der Waals surface area contributed by atoms with Gasteiger partial charge in [0.25, 0.3) is 0 Å². The normalized spacial score (nSPS) is 29.4. The van der Waals surface area contributed by atoms with E-state index in [-0.39, 0.29) is 11.8 Å². The minimum atomic E-state index is -0.164. The maximum atomic E-state index is 11.6. The number of hydrogen-bond donors (Lipinski definition) is 2. The molecule has 1 unspecified atom stereocenters. The lowest BCUT2D eigenvalue weighted by Gasteiger charge is -2.44. The zero-order valence-corrected chi connectivity index (χ0v) is 11.6. The highest BCUT2D eigenvalue weighted by molar-refractivity contribution is 5.88. The molecule has 1 amide bonds. The summed E-state index contributed by atoms with van der Waals surface area (Å²) in [5, 5.41) is 1.37. The van der Waals surface area contributed by atoms with Crippen molar-refractivity contribution >= 4 is 16.8 Å². The first-order valence-corrected chi connectivity index (χ1v) is 7.23. The zero-order chi connectivity index (χ0) is 13.9. The largest absolute Gasteiger partial charge is 0.369 e. The van der Waals surface area contributed by atoms with Crippen molar-refractivity contribution in [1.29, 1.82) is 0 Å². The summed E-state index contributed by atoms with van der Waals surface area (Å²) in [6.07, 6.45) is 4.08. The quantitative estimate of drug-likeness (QED) is 0.826. The summed E-state index contributed by atoms with van der Waals surface area (Å²) in [5.41, 5.74) is 9.55. The summed E-state index contributed by atoms with van der Waals surface area (Å²) in [7, 11) is 2.12. The van der Waals surface area contributed by atoms with Gasteiger partial charge in [0.2, 0.25) is 5.91 Å². The predicted octanol–water partition coefficient (Wildman–Crippen LogP) is 1.61. The van der Waals surface area contributed by atoms with Gasteiger partial charge in [-0.15, -0.1) is 0 Å². The molecular weight excluding hydrogens is 250 g/mol. The third kappa shape index (κ3) is 1.54. The molecule has 3 N–H and O–H groups in total. The van der Waals surface area contributed by atoms with Crippen LogP contribution in [0.4, 0.5) is 0 Å². The average Bonchev–Trinajstić information content (AvgIpc) is 2.84. The number of nitrogens with two attached hydrogens (primary N) is 1. The van der Waals surface area contributed by atoms with Crippen molar-refractivity contribution in [1.82, 2.24) is 9.88 Å². The lowest BCUT2D eigenvalue weighted by atomic mass is 9.72. The van der Waals surface area contributed by atoms with Crippen LogP contribution in [0.1, 0.15) is 23.5 Å². The van der Waals surface area contributed by atoms with E-state index in [1.807, 2.05) is 0 Å². The number of carbonyl (C=O) groups is 1. The molecule has 0 saturated carbocycles. The Morgan fingerprint density at radius 2 is 2.30 bits per heavy atom. The van der Waals surface area contributed by atoms with Gasteiger partial charge in [0, 0.05) is 35.6 Å². The van der Waals surface area contributed by atoms with Crippen molar-refractivity contribution in [3.63, 3.8) is 0 Å². The van der Waals surface area contributed by atoms with E-state index in [9.17, 15) is 4.79 Å². The number of rotatable bonds is 1. The van der Waals surface area contributed by atoms with Gasteiger partial charge in [-0.2, -0.15) is 0 Å². The summed E-state index contributed by atoms with van der Waals surface area (Å²) < 4.78 is 0. The van der Waals surface area contributed by atoms with Gasteiger partial charge in [0.15, 0.2) is 0 Å². The van der Waals surface area contributed by atoms with Crippen molar-refractivity contribution in [2.45, 2.75) is 24.8 Å².